The van der Waals surface area contributed by atoms with Crippen molar-refractivity contribution in [2.75, 3.05) is 7.11 Å². The summed E-state index contributed by atoms with van der Waals surface area (Å²) in [5.74, 6) is 3.45. The highest BCUT2D eigenvalue weighted by molar-refractivity contribution is 7.98. The van der Waals surface area contributed by atoms with Gasteiger partial charge in [0.15, 0.2) is 22.5 Å². The molecule has 2 aromatic heterocycles. The van der Waals surface area contributed by atoms with Crippen molar-refractivity contribution in [2.45, 2.75) is 17.5 Å². The first kappa shape index (κ1) is 16.3. The summed E-state index contributed by atoms with van der Waals surface area (Å²) in [7, 11) is 3.48. The molecule has 0 spiro atoms. The van der Waals surface area contributed by atoms with Crippen molar-refractivity contribution in [2.24, 2.45) is 7.05 Å². The SMILES string of the molecule is COc1ccccc1OCc1nc(CSc2ncccn2)n(C)n1. The zero-order valence-electron chi connectivity index (χ0n) is 13.4. The number of thioether (sulfide) groups is 1. The van der Waals surface area contributed by atoms with Gasteiger partial charge in [-0.2, -0.15) is 5.10 Å². The molecule has 0 bridgehead atoms. The Morgan fingerprint density at radius 2 is 1.83 bits per heavy atom. The topological polar surface area (TPSA) is 75.0 Å². The van der Waals surface area contributed by atoms with E-state index >= 15 is 0 Å². The van der Waals surface area contributed by atoms with E-state index in [-0.39, 0.29) is 6.61 Å². The van der Waals surface area contributed by atoms with E-state index in [0.717, 1.165) is 5.82 Å². The van der Waals surface area contributed by atoms with E-state index in [9.17, 15) is 0 Å². The lowest BCUT2D eigenvalue weighted by Gasteiger charge is -2.08. The molecular weight excluding hydrogens is 326 g/mol. The Morgan fingerprint density at radius 3 is 2.58 bits per heavy atom. The second-order valence-corrected chi connectivity index (χ2v) is 5.77. The van der Waals surface area contributed by atoms with Crippen LogP contribution in [0.25, 0.3) is 0 Å². The zero-order chi connectivity index (χ0) is 16.8. The quantitative estimate of drug-likeness (QED) is 0.482. The van der Waals surface area contributed by atoms with Gasteiger partial charge in [0.2, 0.25) is 0 Å². The molecule has 8 heteroatoms. The van der Waals surface area contributed by atoms with Crippen LogP contribution in [0.15, 0.2) is 47.9 Å². The van der Waals surface area contributed by atoms with Gasteiger partial charge in [-0.3, -0.25) is 4.68 Å². The van der Waals surface area contributed by atoms with E-state index in [1.54, 1.807) is 30.3 Å². The minimum Gasteiger partial charge on any atom is -0.493 e. The molecule has 0 saturated carbocycles. The number of nitrogens with zero attached hydrogens (tertiary/aromatic N) is 5. The van der Waals surface area contributed by atoms with Gasteiger partial charge in [-0.05, 0) is 18.2 Å². The fourth-order valence-corrected chi connectivity index (χ4v) is 2.81. The van der Waals surface area contributed by atoms with Crippen molar-refractivity contribution in [3.05, 3.63) is 54.4 Å². The van der Waals surface area contributed by atoms with Gasteiger partial charge in [-0.15, -0.1) is 0 Å². The van der Waals surface area contributed by atoms with E-state index in [1.807, 2.05) is 31.3 Å². The summed E-state index contributed by atoms with van der Waals surface area (Å²) in [5, 5.41) is 5.09. The Kier molecular flexibility index (Phi) is 5.27. The highest BCUT2D eigenvalue weighted by Crippen LogP contribution is 2.26. The second-order valence-electron chi connectivity index (χ2n) is 4.83. The average molecular weight is 343 g/mol. The summed E-state index contributed by atoms with van der Waals surface area (Å²) in [6.45, 7) is 0.278. The average Bonchev–Trinajstić information content (AvgIpc) is 2.99. The van der Waals surface area contributed by atoms with E-state index in [2.05, 4.69) is 20.1 Å². The summed E-state index contributed by atoms with van der Waals surface area (Å²) in [4.78, 5) is 12.9. The molecule has 0 atom stereocenters. The fraction of sp³-hybridized carbons (Fsp3) is 0.250. The number of ether oxygens (including phenoxy) is 2. The molecule has 0 saturated heterocycles. The molecule has 0 radical (unpaired) electrons. The number of para-hydroxylation sites is 2. The number of methoxy groups -OCH3 is 1. The molecule has 0 aliphatic heterocycles. The van der Waals surface area contributed by atoms with Crippen molar-refractivity contribution in [1.82, 2.24) is 24.7 Å². The minimum atomic E-state index is 0.278. The van der Waals surface area contributed by atoms with Gasteiger partial charge in [0.25, 0.3) is 0 Å². The third-order valence-corrected chi connectivity index (χ3v) is 4.07. The van der Waals surface area contributed by atoms with E-state index in [0.29, 0.717) is 28.2 Å². The minimum absolute atomic E-state index is 0.278. The van der Waals surface area contributed by atoms with Crippen LogP contribution in [0.1, 0.15) is 11.6 Å². The Balaban J connectivity index is 1.61. The maximum atomic E-state index is 5.75. The summed E-state index contributed by atoms with van der Waals surface area (Å²) < 4.78 is 12.8. The Morgan fingerprint density at radius 1 is 1.08 bits per heavy atom. The van der Waals surface area contributed by atoms with Crippen LogP contribution in [0.4, 0.5) is 0 Å². The molecule has 7 nitrogen and oxygen atoms in total. The summed E-state index contributed by atoms with van der Waals surface area (Å²) in [6, 6.07) is 9.28. The smallest absolute Gasteiger partial charge is 0.188 e. The molecular formula is C16H17N5O2S. The van der Waals surface area contributed by atoms with E-state index in [4.69, 9.17) is 9.47 Å². The predicted molar refractivity (Wildman–Crippen MR) is 89.9 cm³/mol. The lowest BCUT2D eigenvalue weighted by atomic mass is 10.3. The molecule has 0 aliphatic rings. The van der Waals surface area contributed by atoms with Gasteiger partial charge >= 0.3 is 0 Å². The Labute approximate surface area is 144 Å². The van der Waals surface area contributed by atoms with Crippen LogP contribution in [0.2, 0.25) is 0 Å². The van der Waals surface area contributed by atoms with Crippen LogP contribution in [-0.2, 0) is 19.4 Å². The highest BCUT2D eigenvalue weighted by atomic mass is 32.2. The van der Waals surface area contributed by atoms with Crippen LogP contribution in [0.3, 0.4) is 0 Å². The van der Waals surface area contributed by atoms with Crippen LogP contribution < -0.4 is 9.47 Å². The Bertz CT molecular complexity index is 794. The van der Waals surface area contributed by atoms with Crippen molar-refractivity contribution >= 4 is 11.8 Å². The molecule has 24 heavy (non-hydrogen) atoms. The monoisotopic (exact) mass is 343 g/mol. The molecule has 1 aromatic carbocycles. The van der Waals surface area contributed by atoms with Crippen LogP contribution in [0, 0.1) is 0 Å². The second kappa shape index (κ2) is 7.78. The van der Waals surface area contributed by atoms with Gasteiger partial charge in [0.1, 0.15) is 12.4 Å². The molecule has 0 N–H and O–H groups in total. The molecule has 0 unspecified atom stereocenters. The molecule has 0 amide bonds. The Hall–Kier alpha value is -2.61. The third-order valence-electron chi connectivity index (χ3n) is 3.20. The maximum Gasteiger partial charge on any atom is 0.188 e. The molecule has 2 heterocycles. The number of aromatic nitrogens is 5. The van der Waals surface area contributed by atoms with Crippen molar-refractivity contribution < 1.29 is 9.47 Å². The largest absolute Gasteiger partial charge is 0.493 e. The normalized spacial score (nSPS) is 10.6. The van der Waals surface area contributed by atoms with Gasteiger partial charge in [0, 0.05) is 19.4 Å². The third kappa shape index (κ3) is 4.02. The molecule has 0 fully saturated rings. The van der Waals surface area contributed by atoms with E-state index in [1.165, 1.54) is 11.8 Å². The number of aryl methyl sites for hydroxylation is 1. The van der Waals surface area contributed by atoms with E-state index < -0.39 is 0 Å². The van der Waals surface area contributed by atoms with Gasteiger partial charge < -0.3 is 9.47 Å². The lowest BCUT2D eigenvalue weighted by Crippen LogP contribution is -2.00. The predicted octanol–water partition coefficient (Wildman–Crippen LogP) is 2.49. The van der Waals surface area contributed by atoms with Crippen molar-refractivity contribution in [3.8, 4) is 11.5 Å². The number of hydrogen-bond donors (Lipinski definition) is 0. The first-order valence-electron chi connectivity index (χ1n) is 7.30. The standard InChI is InChI=1S/C16H17N5O2S/c1-21-15(11-24-16-17-8-5-9-18-16)19-14(20-21)10-23-13-7-4-3-6-12(13)22-2/h3-9H,10-11H2,1-2H3. The highest BCUT2D eigenvalue weighted by Gasteiger charge is 2.10. The molecule has 3 rings (SSSR count). The first-order chi connectivity index (χ1) is 11.8. The van der Waals surface area contributed by atoms with Crippen LogP contribution >= 0.6 is 11.8 Å². The van der Waals surface area contributed by atoms with Crippen LogP contribution in [-0.4, -0.2) is 31.8 Å². The summed E-state index contributed by atoms with van der Waals surface area (Å²) in [5.41, 5.74) is 0. The number of benzene rings is 1. The van der Waals surface area contributed by atoms with Crippen molar-refractivity contribution in [1.29, 1.82) is 0 Å². The number of rotatable bonds is 7. The maximum absolute atomic E-state index is 5.75. The van der Waals surface area contributed by atoms with Gasteiger partial charge in [-0.25, -0.2) is 15.0 Å². The van der Waals surface area contributed by atoms with Gasteiger partial charge in [0.05, 0.1) is 12.9 Å². The van der Waals surface area contributed by atoms with Crippen LogP contribution in [0.5, 0.6) is 11.5 Å². The fourth-order valence-electron chi connectivity index (χ4n) is 2.03. The van der Waals surface area contributed by atoms with Crippen molar-refractivity contribution in [3.63, 3.8) is 0 Å². The summed E-state index contributed by atoms with van der Waals surface area (Å²) in [6.07, 6.45) is 3.44. The molecule has 0 aliphatic carbocycles. The molecule has 3 aromatic rings. The number of hydrogen-bond acceptors (Lipinski definition) is 7. The first-order valence-corrected chi connectivity index (χ1v) is 8.29. The molecule has 124 valence electrons. The van der Waals surface area contributed by atoms with Gasteiger partial charge in [-0.1, -0.05) is 23.9 Å². The lowest BCUT2D eigenvalue weighted by molar-refractivity contribution is 0.276. The zero-order valence-corrected chi connectivity index (χ0v) is 14.2. The summed E-state index contributed by atoms with van der Waals surface area (Å²) >= 11 is 1.52.